The number of cyclic esters (lactones) is 1. The van der Waals surface area contributed by atoms with Crippen LogP contribution < -0.4 is 5.48 Å². The van der Waals surface area contributed by atoms with Gasteiger partial charge in [-0.25, -0.2) is 34.0 Å². The first-order valence-electron chi connectivity index (χ1n) is 8.55. The van der Waals surface area contributed by atoms with E-state index in [2.05, 4.69) is 46.9 Å². The second-order valence-electron chi connectivity index (χ2n) is 7.58. The minimum absolute atomic E-state index is 0.00750. The van der Waals surface area contributed by atoms with Gasteiger partial charge in [0.25, 0.3) is 0 Å². The van der Waals surface area contributed by atoms with Gasteiger partial charge >= 0.3 is 12.1 Å². The first kappa shape index (κ1) is 25.2. The number of hydrogen-bond acceptors (Lipinski definition) is 8. The van der Waals surface area contributed by atoms with Gasteiger partial charge < -0.3 is 9.84 Å². The molecule has 3 unspecified atom stereocenters. The summed E-state index contributed by atoms with van der Waals surface area (Å²) in [6, 6.07) is 0.00750. The number of carboxylic acids is 1. The zero-order chi connectivity index (χ0) is 21.8. The van der Waals surface area contributed by atoms with E-state index in [9.17, 15) is 19.2 Å². The topological polar surface area (TPSA) is 144 Å². The molecule has 1 aliphatic heterocycles. The Bertz CT molecular complexity index is 652. The molecule has 2 fully saturated rings. The molecule has 1 heterocycles. The third kappa shape index (κ3) is 11.0. The molecule has 1 aliphatic carbocycles. The number of ether oxygens (including phenoxy) is 1. The number of aliphatic imine (C=N–C) groups is 2. The SMILES string of the molecule is C=CC(=O)O.CC1(C)CC(N=C=O)CC(C)(CN=C=O)C1.CC1ONC(=O)O1. The van der Waals surface area contributed by atoms with Gasteiger partial charge in [0.05, 0.1) is 12.6 Å². The minimum atomic E-state index is -0.981. The largest absolute Gasteiger partial charge is 0.478 e. The molecule has 10 heteroatoms. The summed E-state index contributed by atoms with van der Waals surface area (Å²) in [5.74, 6) is -0.981. The van der Waals surface area contributed by atoms with E-state index in [0.717, 1.165) is 25.3 Å². The van der Waals surface area contributed by atoms with Crippen LogP contribution in [0.4, 0.5) is 4.79 Å². The molecule has 0 bridgehead atoms. The van der Waals surface area contributed by atoms with Crippen molar-refractivity contribution < 1.29 is 33.9 Å². The predicted molar refractivity (Wildman–Crippen MR) is 98.6 cm³/mol. The van der Waals surface area contributed by atoms with E-state index in [4.69, 9.17) is 5.11 Å². The molecular weight excluding hydrogens is 370 g/mol. The Morgan fingerprint density at radius 3 is 2.32 bits per heavy atom. The van der Waals surface area contributed by atoms with Crippen LogP contribution in [0.5, 0.6) is 0 Å². The highest BCUT2D eigenvalue weighted by molar-refractivity contribution is 5.78. The van der Waals surface area contributed by atoms with Gasteiger partial charge in [-0.05, 0) is 30.1 Å². The summed E-state index contributed by atoms with van der Waals surface area (Å²) in [5.41, 5.74) is 2.06. The van der Waals surface area contributed by atoms with E-state index >= 15 is 0 Å². The van der Waals surface area contributed by atoms with E-state index < -0.39 is 18.4 Å². The number of nitrogens with one attached hydrogen (secondary N) is 1. The average molecular weight is 397 g/mol. The molecule has 28 heavy (non-hydrogen) atoms. The van der Waals surface area contributed by atoms with Crippen molar-refractivity contribution in [2.24, 2.45) is 20.8 Å². The van der Waals surface area contributed by atoms with Crippen molar-refractivity contribution in [3.8, 4) is 0 Å². The molecule has 2 N–H and O–H groups in total. The van der Waals surface area contributed by atoms with Crippen molar-refractivity contribution in [1.29, 1.82) is 0 Å². The van der Waals surface area contributed by atoms with Gasteiger partial charge in [-0.3, -0.25) is 0 Å². The van der Waals surface area contributed by atoms with Crippen molar-refractivity contribution in [3.05, 3.63) is 12.7 Å². The summed E-state index contributed by atoms with van der Waals surface area (Å²) in [7, 11) is 0. The normalized spacial score (nSPS) is 26.9. The number of carboxylic acid groups (broad SMARTS) is 1. The number of nitrogens with zero attached hydrogens (tertiary/aromatic N) is 2. The lowest BCUT2D eigenvalue weighted by molar-refractivity contribution is -0.131. The molecule has 1 amide bonds. The fourth-order valence-electron chi connectivity index (χ4n) is 3.42. The summed E-state index contributed by atoms with van der Waals surface area (Å²) in [6.07, 6.45) is 5.75. The van der Waals surface area contributed by atoms with E-state index in [-0.39, 0.29) is 16.9 Å². The number of carbonyl (C=O) groups excluding carboxylic acids is 3. The maximum absolute atomic E-state index is 10.3. The van der Waals surface area contributed by atoms with Crippen LogP contribution in [0.25, 0.3) is 0 Å². The van der Waals surface area contributed by atoms with Gasteiger partial charge in [0.2, 0.25) is 18.4 Å². The standard InChI is InChI=1S/C12H18N2O2.C3H5NO3.C3H4O2/c1-11(2)4-10(14-9-16)5-12(3,6-11)7-13-8-15;1-2-6-3(5)4-7-2;1-2-3(4)5/h10H,4-7H2,1-3H3;2H,1H3,(H,4,5);2H,1H2,(H,4,5). The predicted octanol–water partition coefficient (Wildman–Crippen LogP) is 2.50. The summed E-state index contributed by atoms with van der Waals surface area (Å²) in [5, 5.41) is 7.60. The Hall–Kier alpha value is -2.80. The summed E-state index contributed by atoms with van der Waals surface area (Å²) >= 11 is 0. The number of rotatable bonds is 4. The second kappa shape index (κ2) is 11.8. The van der Waals surface area contributed by atoms with Gasteiger partial charge in [0, 0.05) is 13.0 Å². The zero-order valence-electron chi connectivity index (χ0n) is 16.6. The molecule has 156 valence electrons. The number of hydrogen-bond donors (Lipinski definition) is 2. The zero-order valence-corrected chi connectivity index (χ0v) is 16.6. The van der Waals surface area contributed by atoms with E-state index in [1.807, 2.05) is 5.48 Å². The monoisotopic (exact) mass is 397 g/mol. The average Bonchev–Trinajstić information content (AvgIpc) is 2.95. The van der Waals surface area contributed by atoms with Crippen LogP contribution in [-0.2, 0) is 24.0 Å². The van der Waals surface area contributed by atoms with Gasteiger partial charge in [-0.2, -0.15) is 5.48 Å². The summed E-state index contributed by atoms with van der Waals surface area (Å²) in [6.45, 7) is 11.4. The van der Waals surface area contributed by atoms with E-state index in [1.54, 1.807) is 19.1 Å². The highest BCUT2D eigenvalue weighted by atomic mass is 16.9. The molecule has 2 aliphatic rings. The van der Waals surface area contributed by atoms with Crippen LogP contribution in [0.3, 0.4) is 0 Å². The number of hydroxylamine groups is 1. The Labute approximate surface area is 163 Å². The van der Waals surface area contributed by atoms with Crippen LogP contribution in [0.15, 0.2) is 22.6 Å². The minimum Gasteiger partial charge on any atom is -0.478 e. The van der Waals surface area contributed by atoms with Crippen molar-refractivity contribution in [2.45, 2.75) is 59.3 Å². The fourth-order valence-corrected chi connectivity index (χ4v) is 3.42. The Kier molecular flexibility index (Phi) is 10.6. The molecule has 0 radical (unpaired) electrons. The highest BCUT2D eigenvalue weighted by Gasteiger charge is 2.41. The number of aliphatic carboxylic acids is 1. The van der Waals surface area contributed by atoms with E-state index in [0.29, 0.717) is 6.54 Å². The molecule has 0 spiro atoms. The lowest BCUT2D eigenvalue weighted by atomic mass is 9.63. The van der Waals surface area contributed by atoms with Gasteiger partial charge in [-0.1, -0.05) is 27.4 Å². The lowest BCUT2D eigenvalue weighted by Gasteiger charge is -2.44. The van der Waals surface area contributed by atoms with Crippen LogP contribution >= 0.6 is 0 Å². The van der Waals surface area contributed by atoms with Crippen molar-refractivity contribution in [1.82, 2.24) is 5.48 Å². The van der Waals surface area contributed by atoms with Crippen LogP contribution in [0.2, 0.25) is 0 Å². The molecule has 0 aromatic rings. The van der Waals surface area contributed by atoms with Crippen molar-refractivity contribution in [2.75, 3.05) is 6.54 Å². The first-order chi connectivity index (χ1) is 13.0. The molecule has 0 aromatic carbocycles. The second-order valence-corrected chi connectivity index (χ2v) is 7.58. The quantitative estimate of drug-likeness (QED) is 0.421. The van der Waals surface area contributed by atoms with Crippen molar-refractivity contribution in [3.63, 3.8) is 0 Å². The van der Waals surface area contributed by atoms with Gasteiger partial charge in [0.1, 0.15) is 0 Å². The molecule has 3 atom stereocenters. The molecule has 1 saturated heterocycles. The maximum atomic E-state index is 10.3. The molecule has 0 aromatic heterocycles. The summed E-state index contributed by atoms with van der Waals surface area (Å²) < 4.78 is 4.39. The number of isocyanates is 2. The van der Waals surface area contributed by atoms with Gasteiger partial charge in [0.15, 0.2) is 0 Å². The van der Waals surface area contributed by atoms with Crippen molar-refractivity contribution >= 4 is 24.2 Å². The highest BCUT2D eigenvalue weighted by Crippen LogP contribution is 2.47. The Morgan fingerprint density at radius 1 is 1.36 bits per heavy atom. The molecule has 10 nitrogen and oxygen atoms in total. The Balaban J connectivity index is 0.000000497. The first-order valence-corrected chi connectivity index (χ1v) is 8.55. The third-order valence-electron chi connectivity index (χ3n) is 3.94. The van der Waals surface area contributed by atoms with Crippen LogP contribution in [0, 0.1) is 10.8 Å². The smallest absolute Gasteiger partial charge is 0.433 e. The lowest BCUT2D eigenvalue weighted by Crippen LogP contribution is -2.39. The van der Waals surface area contributed by atoms with Crippen LogP contribution in [0.1, 0.15) is 47.0 Å². The molecule has 1 saturated carbocycles. The fraction of sp³-hybridized carbons (Fsp3) is 0.667. The molecular formula is C18H27N3O7. The third-order valence-corrected chi connectivity index (χ3v) is 3.94. The number of carbonyl (C=O) groups is 2. The maximum Gasteiger partial charge on any atom is 0.433 e. The Morgan fingerprint density at radius 2 is 1.96 bits per heavy atom. The molecule has 2 rings (SSSR count). The number of amides is 1. The van der Waals surface area contributed by atoms with Crippen LogP contribution in [-0.4, -0.2) is 48.2 Å². The van der Waals surface area contributed by atoms with Gasteiger partial charge in [-0.15, -0.1) is 0 Å². The van der Waals surface area contributed by atoms with E-state index in [1.165, 1.54) is 0 Å². The summed E-state index contributed by atoms with van der Waals surface area (Å²) in [4.78, 5) is 51.7.